The van der Waals surface area contributed by atoms with Gasteiger partial charge in [-0.3, -0.25) is 18.0 Å². The molecule has 15 nitrogen and oxygen atoms in total. The van der Waals surface area contributed by atoms with Crippen LogP contribution >= 0.6 is 23.2 Å². The van der Waals surface area contributed by atoms with Gasteiger partial charge >= 0.3 is 94.4 Å². The minimum atomic E-state index is -6.29. The molecule has 4 atom stereocenters. The van der Waals surface area contributed by atoms with Crippen LogP contribution in [0.5, 0.6) is 0 Å². The van der Waals surface area contributed by atoms with Crippen molar-refractivity contribution in [2.24, 2.45) is 0 Å². The zero-order valence-corrected chi connectivity index (χ0v) is 23.8. The van der Waals surface area contributed by atoms with Gasteiger partial charge in [0.15, 0.2) is 7.60 Å². The molecule has 0 fully saturated rings. The van der Waals surface area contributed by atoms with E-state index in [1.807, 2.05) is 0 Å². The fraction of sp³-hybridized carbons (Fsp3) is 0.500. The number of ether oxygens (including phenoxy) is 1. The Kier molecular flexibility index (Phi) is 13.3. The van der Waals surface area contributed by atoms with Crippen molar-refractivity contribution in [3.63, 3.8) is 0 Å². The van der Waals surface area contributed by atoms with Crippen LogP contribution in [0.1, 0.15) is 6.85 Å². The van der Waals surface area contributed by atoms with E-state index in [-0.39, 0.29) is 93.2 Å². The van der Waals surface area contributed by atoms with Crippen molar-refractivity contribution >= 4 is 29.1 Å². The molecule has 0 radical (unpaired) electrons. The zero-order chi connectivity index (χ0) is 24.7. The van der Waals surface area contributed by atoms with E-state index in [0.29, 0.717) is 6.20 Å². The molecule has 0 amide bonds. The number of nitrogens with two attached hydrogens (primary N) is 1. The van der Waals surface area contributed by atoms with Crippen LogP contribution in [0.15, 0.2) is 17.1 Å². The van der Waals surface area contributed by atoms with Crippen LogP contribution in [0.25, 0.3) is 0 Å². The largest absolute Gasteiger partial charge is 1.00 e. The third kappa shape index (κ3) is 15.5. The van der Waals surface area contributed by atoms with Crippen LogP contribution in [0.2, 0.25) is 0 Å². The number of hydrogen-bond donors (Lipinski definition) is 3. The van der Waals surface area contributed by atoms with Gasteiger partial charge in [0.1, 0.15) is 12.2 Å². The van der Waals surface area contributed by atoms with Gasteiger partial charge in [0, 0.05) is 6.20 Å². The number of hydrogen-bond acceptors (Lipinski definition) is 13. The molecule has 0 bridgehead atoms. The van der Waals surface area contributed by atoms with Crippen molar-refractivity contribution in [3.05, 3.63) is 22.7 Å². The van der Waals surface area contributed by atoms with E-state index < -0.39 is 60.2 Å². The normalized spacial score (nSPS) is 22.4. The Balaban J connectivity index is -0.00000320. The molecule has 21 heteroatoms. The van der Waals surface area contributed by atoms with Gasteiger partial charge in [-0.15, -0.1) is 0 Å². The summed E-state index contributed by atoms with van der Waals surface area (Å²) in [4.78, 5) is 56.6. The molecule has 150 valence electrons. The first-order valence-electron chi connectivity index (χ1n) is 8.33. The third-order valence-corrected chi connectivity index (χ3v) is 5.81. The van der Waals surface area contributed by atoms with Crippen LogP contribution in [0.3, 0.4) is 0 Å². The molecule has 0 aliphatic heterocycles. The maximum absolute atomic E-state index is 11.9. The van der Waals surface area contributed by atoms with Crippen molar-refractivity contribution in [2.45, 2.75) is 12.6 Å². The molecule has 0 aliphatic rings. The standard InChI is InChI=1S/C8H16N3O12P3.3Na/c9-7-1-2-11(8(13)10-7)3-6(4-12)21-5-24(14,15)22-26(19,20)23-25(16,17)18;;;/h1-2,6,12H,3-5H2,(H,14,15)(H,19,20)(H2,9,10,13)(H2,16,17,18);;;/q;3*+1/p-3/i3D2,4D2,6D;;;. The van der Waals surface area contributed by atoms with Crippen molar-refractivity contribution in [3.8, 4) is 0 Å². The zero-order valence-electron chi connectivity index (χ0n) is 20.2. The maximum atomic E-state index is 11.9. The van der Waals surface area contributed by atoms with Crippen molar-refractivity contribution in [1.82, 2.24) is 9.55 Å². The number of anilines is 1. The molecular weight excluding hydrogens is 492 g/mol. The molecule has 0 saturated heterocycles. The Morgan fingerprint density at radius 3 is 2.28 bits per heavy atom. The van der Waals surface area contributed by atoms with E-state index in [9.17, 15) is 38.3 Å². The average Bonchev–Trinajstić information content (AvgIpc) is 2.47. The minimum absolute atomic E-state index is 0. The molecule has 4 unspecified atom stereocenters. The van der Waals surface area contributed by atoms with Crippen molar-refractivity contribution < 1.29 is 147 Å². The predicted molar refractivity (Wildman–Crippen MR) is 76.9 cm³/mol. The fourth-order valence-corrected chi connectivity index (χ4v) is 4.25. The molecule has 1 rings (SSSR count). The Hall–Kier alpha value is 2.05. The van der Waals surface area contributed by atoms with E-state index in [4.69, 9.17) is 17.5 Å². The number of aromatic nitrogens is 2. The van der Waals surface area contributed by atoms with Gasteiger partial charge in [0.25, 0.3) is 15.6 Å². The minimum Gasteiger partial charge on any atom is -0.777 e. The van der Waals surface area contributed by atoms with Gasteiger partial charge in [-0.2, -0.15) is 4.98 Å². The van der Waals surface area contributed by atoms with Crippen molar-refractivity contribution in [1.29, 1.82) is 0 Å². The number of nitrogens with zero attached hydrogens (tertiary/aromatic N) is 2. The topological polar surface area (TPSA) is 249 Å². The van der Waals surface area contributed by atoms with Crippen LogP contribution in [-0.2, 0) is 33.6 Å². The van der Waals surface area contributed by atoms with E-state index in [2.05, 4.69) is 18.3 Å². The van der Waals surface area contributed by atoms with Crippen LogP contribution < -0.4 is 115 Å². The second-order valence-electron chi connectivity index (χ2n) is 4.02. The molecule has 0 spiro atoms. The van der Waals surface area contributed by atoms with E-state index in [1.165, 1.54) is 0 Å². The van der Waals surface area contributed by atoms with Gasteiger partial charge in [-0.25, -0.2) is 9.11 Å². The van der Waals surface area contributed by atoms with Crippen molar-refractivity contribution in [2.75, 3.05) is 18.6 Å². The molecule has 1 heterocycles. The summed E-state index contributed by atoms with van der Waals surface area (Å²) in [6.45, 7) is -7.79. The fourth-order valence-electron chi connectivity index (χ4n) is 1.16. The van der Waals surface area contributed by atoms with Gasteiger partial charge in [-0.05, 0) is 6.07 Å². The number of rotatable bonds is 10. The van der Waals surface area contributed by atoms with Crippen LogP contribution in [0, 0.1) is 0 Å². The summed E-state index contributed by atoms with van der Waals surface area (Å²) in [6.07, 6.45) is -5.61. The third-order valence-electron chi connectivity index (χ3n) is 1.94. The Bertz CT molecular complexity index is 1040. The van der Waals surface area contributed by atoms with Gasteiger partial charge in [-0.1, -0.05) is 0 Å². The summed E-state index contributed by atoms with van der Waals surface area (Å²) in [5.74, 6) is -0.413. The second kappa shape index (κ2) is 15.0. The second-order valence-corrected chi connectivity index (χ2v) is 8.64. The average molecular weight is 510 g/mol. The number of nitrogen functional groups attached to an aromatic ring is 1. The van der Waals surface area contributed by atoms with Crippen LogP contribution in [0.4, 0.5) is 5.82 Å². The smallest absolute Gasteiger partial charge is 0.777 e. The first-order chi connectivity index (χ1) is 13.5. The monoisotopic (exact) mass is 510 g/mol. The number of aliphatic hydroxyl groups is 1. The number of phosphoric acid groups is 2. The predicted octanol–water partition coefficient (Wildman–Crippen LogP) is -12.3. The van der Waals surface area contributed by atoms with E-state index >= 15 is 0 Å². The first-order valence-corrected chi connectivity index (χ1v) is 10.5. The molecule has 1 aromatic heterocycles. The molecular formula is C8H13N3Na3O12P3. The van der Waals surface area contributed by atoms with E-state index in [0.717, 1.165) is 6.07 Å². The summed E-state index contributed by atoms with van der Waals surface area (Å²) in [5, 5.41) is 9.60. The Labute approximate surface area is 237 Å². The summed E-state index contributed by atoms with van der Waals surface area (Å²) in [6, 6.07) is 0.829. The maximum Gasteiger partial charge on any atom is 1.00 e. The molecule has 4 N–H and O–H groups in total. The molecule has 1 aromatic rings. The van der Waals surface area contributed by atoms with Gasteiger partial charge in [0.2, 0.25) is 0 Å². The summed E-state index contributed by atoms with van der Waals surface area (Å²) >= 11 is 0. The van der Waals surface area contributed by atoms with Gasteiger partial charge < -0.3 is 39.7 Å². The van der Waals surface area contributed by atoms with E-state index in [1.54, 1.807) is 0 Å². The summed E-state index contributed by atoms with van der Waals surface area (Å²) in [7, 11) is -18.3. The molecule has 0 saturated carbocycles. The quantitative estimate of drug-likeness (QED) is 0.195. The Morgan fingerprint density at radius 1 is 1.28 bits per heavy atom. The van der Waals surface area contributed by atoms with Crippen LogP contribution in [-0.4, -0.2) is 38.5 Å². The molecule has 0 aromatic carbocycles. The van der Waals surface area contributed by atoms with Gasteiger partial charge in [0.05, 0.1) is 26.0 Å². The summed E-state index contributed by atoms with van der Waals surface area (Å²) in [5.41, 5.74) is 3.70. The SMILES string of the molecule is [2H]C([2H])(O)C([2H])(OCP(=O)([O-])OP(=O)([O-])OP(=O)([O-])O)C([2H])([2H])n1ccc(N)nc1=O.[Na+].[Na+].[Na+]. The first kappa shape index (κ1) is 25.7. The Morgan fingerprint density at radius 2 is 1.83 bits per heavy atom. The summed E-state index contributed by atoms with van der Waals surface area (Å²) < 4.78 is 81.9. The molecule has 0 aliphatic carbocycles. The molecule has 29 heavy (non-hydrogen) atoms.